The van der Waals surface area contributed by atoms with E-state index in [0.29, 0.717) is 0 Å². The molecule has 0 aliphatic rings. The molecule has 1 N–H and O–H groups in total. The van der Waals surface area contributed by atoms with E-state index in [0.717, 1.165) is 0 Å². The van der Waals surface area contributed by atoms with Gasteiger partial charge in [0.25, 0.3) is 0 Å². The Morgan fingerprint density at radius 2 is 1.07 bits per heavy atom. The average molecular weight is 268 g/mol. The maximum absolute atomic E-state index is 3.38. The number of hydrogen-bond donors (Lipinski definition) is 1. The number of fused-ring (bicyclic) bond motifs is 3. The van der Waals surface area contributed by atoms with Crippen molar-refractivity contribution in [3.63, 3.8) is 0 Å². The molecule has 3 rings (SSSR count). The first-order valence-electron chi connectivity index (χ1n) is 4.40. The van der Waals surface area contributed by atoms with Gasteiger partial charge in [-0.15, -0.1) is 0 Å². The predicted molar refractivity (Wildman–Crippen MR) is 55.8 cm³/mol. The molecule has 2 aromatic carbocycles. The Morgan fingerprint density at radius 3 is 1.57 bits per heavy atom. The minimum atomic E-state index is 0. The molecule has 0 atom stereocenters. The van der Waals surface area contributed by atoms with Crippen LogP contribution in [0.25, 0.3) is 21.8 Å². The molecule has 3 aromatic rings. The second-order valence-corrected chi connectivity index (χ2v) is 3.22. The van der Waals surface area contributed by atoms with Gasteiger partial charge in [-0.3, -0.25) is 0 Å². The van der Waals surface area contributed by atoms with Gasteiger partial charge in [0.15, 0.2) is 0 Å². The zero-order valence-electron chi connectivity index (χ0n) is 7.47. The van der Waals surface area contributed by atoms with E-state index in [4.69, 9.17) is 0 Å². The number of para-hydroxylation sites is 2. The van der Waals surface area contributed by atoms with Crippen molar-refractivity contribution in [2.45, 2.75) is 0 Å². The quantitative estimate of drug-likeness (QED) is 0.602. The Morgan fingerprint density at radius 1 is 0.643 bits per heavy atom. The molecule has 0 radical (unpaired) electrons. The summed E-state index contributed by atoms with van der Waals surface area (Å²) in [4.78, 5) is 3.38. The van der Waals surface area contributed by atoms with Gasteiger partial charge in [-0.05, 0) is 12.1 Å². The van der Waals surface area contributed by atoms with Gasteiger partial charge < -0.3 is 4.98 Å². The number of hydrogen-bond acceptors (Lipinski definition) is 0. The Hall–Kier alpha value is -1.14. The molecule has 0 saturated carbocycles. The van der Waals surface area contributed by atoms with E-state index >= 15 is 0 Å². The molecule has 0 bridgehead atoms. The molecule has 0 aliphatic heterocycles. The third-order valence-corrected chi connectivity index (χ3v) is 2.41. The van der Waals surface area contributed by atoms with Crippen molar-refractivity contribution in [3.05, 3.63) is 48.5 Å². The van der Waals surface area contributed by atoms with Crippen LogP contribution in [0.1, 0.15) is 0 Å². The fourth-order valence-electron chi connectivity index (χ4n) is 1.80. The van der Waals surface area contributed by atoms with Crippen molar-refractivity contribution < 1.29 is 19.5 Å². The number of H-pyrrole nitrogens is 1. The van der Waals surface area contributed by atoms with Crippen molar-refractivity contribution in [1.82, 2.24) is 4.98 Å². The van der Waals surface area contributed by atoms with E-state index in [1.165, 1.54) is 21.8 Å². The zero-order chi connectivity index (χ0) is 8.67. The standard InChI is InChI=1S/C12H9N.Ru/c1-3-7-11-9(5-1)10-6-2-4-8-12(10)13-11;/h1-8,13H;. The van der Waals surface area contributed by atoms with E-state index in [1.54, 1.807) is 0 Å². The van der Waals surface area contributed by atoms with Gasteiger partial charge >= 0.3 is 0 Å². The molecule has 1 aromatic heterocycles. The molecule has 0 fully saturated rings. The summed E-state index contributed by atoms with van der Waals surface area (Å²) in [5, 5.41) is 2.61. The summed E-state index contributed by atoms with van der Waals surface area (Å²) >= 11 is 0. The summed E-state index contributed by atoms with van der Waals surface area (Å²) in [5.41, 5.74) is 2.42. The van der Waals surface area contributed by atoms with Gasteiger partial charge in [-0.25, -0.2) is 0 Å². The molecule has 0 spiro atoms. The maximum Gasteiger partial charge on any atom is 0.0464 e. The second-order valence-electron chi connectivity index (χ2n) is 3.22. The van der Waals surface area contributed by atoms with Crippen LogP contribution in [0.5, 0.6) is 0 Å². The minimum absolute atomic E-state index is 0. The van der Waals surface area contributed by atoms with Crippen LogP contribution in [-0.2, 0) is 19.5 Å². The largest absolute Gasteiger partial charge is 0.355 e. The van der Waals surface area contributed by atoms with Crippen LogP contribution in [0.3, 0.4) is 0 Å². The maximum atomic E-state index is 3.38. The molecule has 1 heterocycles. The Kier molecular flexibility index (Phi) is 2.39. The molecule has 70 valence electrons. The summed E-state index contributed by atoms with van der Waals surface area (Å²) in [6, 6.07) is 16.8. The van der Waals surface area contributed by atoms with E-state index < -0.39 is 0 Å². The topological polar surface area (TPSA) is 15.8 Å². The Bertz CT molecular complexity index is 518. The smallest absolute Gasteiger partial charge is 0.0464 e. The molecule has 0 amide bonds. The third kappa shape index (κ3) is 1.27. The SMILES string of the molecule is [Ru].c1ccc2c(c1)[nH]c1ccccc12. The molecule has 2 heteroatoms. The Labute approximate surface area is 94.9 Å². The summed E-state index contributed by atoms with van der Waals surface area (Å²) in [5.74, 6) is 0. The molecule has 0 unspecified atom stereocenters. The predicted octanol–water partition coefficient (Wildman–Crippen LogP) is 3.32. The fourth-order valence-corrected chi connectivity index (χ4v) is 1.80. The molecular formula is C12H9NRu. The summed E-state index contributed by atoms with van der Waals surface area (Å²) in [6.07, 6.45) is 0. The second kappa shape index (κ2) is 3.55. The van der Waals surface area contributed by atoms with Gasteiger partial charge in [0.2, 0.25) is 0 Å². The van der Waals surface area contributed by atoms with Crippen molar-refractivity contribution in [3.8, 4) is 0 Å². The van der Waals surface area contributed by atoms with Crippen molar-refractivity contribution >= 4 is 21.8 Å². The van der Waals surface area contributed by atoms with E-state index in [2.05, 4.69) is 53.5 Å². The van der Waals surface area contributed by atoms with Gasteiger partial charge in [0.1, 0.15) is 0 Å². The molecular weight excluding hydrogens is 259 g/mol. The fraction of sp³-hybridized carbons (Fsp3) is 0. The number of benzene rings is 2. The number of aromatic nitrogens is 1. The first-order chi connectivity index (χ1) is 6.45. The third-order valence-electron chi connectivity index (χ3n) is 2.41. The normalized spacial score (nSPS) is 10.3. The minimum Gasteiger partial charge on any atom is -0.355 e. The van der Waals surface area contributed by atoms with Crippen LogP contribution >= 0.6 is 0 Å². The van der Waals surface area contributed by atoms with Crippen LogP contribution in [0.15, 0.2) is 48.5 Å². The van der Waals surface area contributed by atoms with Gasteiger partial charge in [0.05, 0.1) is 0 Å². The van der Waals surface area contributed by atoms with Crippen molar-refractivity contribution in [2.24, 2.45) is 0 Å². The summed E-state index contributed by atoms with van der Waals surface area (Å²) < 4.78 is 0. The van der Waals surface area contributed by atoms with Crippen LogP contribution in [0.4, 0.5) is 0 Å². The summed E-state index contributed by atoms with van der Waals surface area (Å²) in [7, 11) is 0. The first kappa shape index (κ1) is 9.42. The van der Waals surface area contributed by atoms with Gasteiger partial charge in [-0.1, -0.05) is 36.4 Å². The number of aromatic amines is 1. The number of rotatable bonds is 0. The molecule has 14 heavy (non-hydrogen) atoms. The zero-order valence-corrected chi connectivity index (χ0v) is 9.21. The average Bonchev–Trinajstić information content (AvgIpc) is 2.56. The van der Waals surface area contributed by atoms with Crippen LogP contribution < -0.4 is 0 Å². The van der Waals surface area contributed by atoms with Crippen LogP contribution in [0.2, 0.25) is 0 Å². The first-order valence-corrected chi connectivity index (χ1v) is 4.40. The molecule has 0 saturated heterocycles. The van der Waals surface area contributed by atoms with Gasteiger partial charge in [-0.2, -0.15) is 0 Å². The van der Waals surface area contributed by atoms with Crippen LogP contribution in [0, 0.1) is 0 Å². The summed E-state index contributed by atoms with van der Waals surface area (Å²) in [6.45, 7) is 0. The van der Waals surface area contributed by atoms with E-state index in [1.807, 2.05) is 0 Å². The van der Waals surface area contributed by atoms with Crippen LogP contribution in [-0.4, -0.2) is 4.98 Å². The monoisotopic (exact) mass is 269 g/mol. The Balaban J connectivity index is 0.000000750. The molecule has 1 nitrogen and oxygen atoms in total. The van der Waals surface area contributed by atoms with Crippen molar-refractivity contribution in [2.75, 3.05) is 0 Å². The molecule has 0 aliphatic carbocycles. The van der Waals surface area contributed by atoms with E-state index in [-0.39, 0.29) is 19.5 Å². The van der Waals surface area contributed by atoms with Crippen molar-refractivity contribution in [1.29, 1.82) is 0 Å². The van der Waals surface area contributed by atoms with Gasteiger partial charge in [0, 0.05) is 41.3 Å². The van der Waals surface area contributed by atoms with E-state index in [9.17, 15) is 0 Å². The number of nitrogens with one attached hydrogen (secondary N) is 1.